The predicted octanol–water partition coefficient (Wildman–Crippen LogP) is 3.32. The summed E-state index contributed by atoms with van der Waals surface area (Å²) in [7, 11) is 3.51. The van der Waals surface area contributed by atoms with Gasteiger partial charge in [0.1, 0.15) is 17.1 Å². The van der Waals surface area contributed by atoms with Crippen LogP contribution in [0.5, 0.6) is 0 Å². The summed E-state index contributed by atoms with van der Waals surface area (Å²) < 4.78 is 1.73. The third kappa shape index (κ3) is 2.25. The van der Waals surface area contributed by atoms with Gasteiger partial charge in [0.15, 0.2) is 5.17 Å². The fourth-order valence-electron chi connectivity index (χ4n) is 2.27. The van der Waals surface area contributed by atoms with Gasteiger partial charge in [-0.2, -0.15) is 5.10 Å². The van der Waals surface area contributed by atoms with E-state index in [4.69, 9.17) is 11.6 Å². The molecule has 2 rings (SSSR count). The molecule has 0 fully saturated rings. The Bertz CT molecular complexity index is 525. The van der Waals surface area contributed by atoms with Crippen LogP contribution in [0.3, 0.4) is 0 Å². The SMILES string of the molecule is C=Nc1c(C2=CCCCC2)nn(C)c1/C(Cl)=N\C. The average Bonchev–Trinajstić information content (AvgIpc) is 2.75. The number of halogens is 1. The van der Waals surface area contributed by atoms with E-state index in [1.54, 1.807) is 11.7 Å². The van der Waals surface area contributed by atoms with Crippen LogP contribution < -0.4 is 0 Å². The van der Waals surface area contributed by atoms with Crippen LogP contribution in [0.1, 0.15) is 37.1 Å². The molecule has 0 unspecified atom stereocenters. The van der Waals surface area contributed by atoms with Gasteiger partial charge in [-0.3, -0.25) is 14.7 Å². The lowest BCUT2D eigenvalue weighted by Crippen LogP contribution is -2.02. The molecule has 1 aromatic rings. The molecule has 1 aliphatic carbocycles. The lowest BCUT2D eigenvalue weighted by molar-refractivity contribution is 0.726. The molecule has 4 nitrogen and oxygen atoms in total. The minimum atomic E-state index is 0.412. The maximum Gasteiger partial charge on any atom is 0.151 e. The zero-order valence-electron chi connectivity index (χ0n) is 10.8. The van der Waals surface area contributed by atoms with Crippen molar-refractivity contribution in [2.75, 3.05) is 7.05 Å². The molecule has 0 radical (unpaired) electrons. The molecule has 0 spiro atoms. The minimum Gasteiger partial charge on any atom is -0.275 e. The smallest absolute Gasteiger partial charge is 0.151 e. The molecule has 18 heavy (non-hydrogen) atoms. The largest absolute Gasteiger partial charge is 0.275 e. The average molecular weight is 265 g/mol. The Kier molecular flexibility index (Phi) is 3.97. The van der Waals surface area contributed by atoms with Gasteiger partial charge in [0.05, 0.1) is 0 Å². The number of allylic oxidation sites excluding steroid dienone is 2. The number of rotatable bonds is 3. The standard InChI is InChI=1S/C13H17ClN4/c1-15-11-10(9-7-5-4-6-8-9)17-18(3)12(11)13(14)16-2/h7H,1,4-6,8H2,2-3H3/b16-13+. The molecule has 96 valence electrons. The molecule has 0 bridgehead atoms. The highest BCUT2D eigenvalue weighted by Gasteiger charge is 2.21. The summed E-state index contributed by atoms with van der Waals surface area (Å²) >= 11 is 6.11. The van der Waals surface area contributed by atoms with Crippen molar-refractivity contribution in [2.45, 2.75) is 25.7 Å². The zero-order valence-corrected chi connectivity index (χ0v) is 11.5. The van der Waals surface area contributed by atoms with Crippen LogP contribution in [0.15, 0.2) is 16.1 Å². The van der Waals surface area contributed by atoms with Crippen molar-refractivity contribution in [3.05, 3.63) is 17.5 Å². The quantitative estimate of drug-likeness (QED) is 0.772. The topological polar surface area (TPSA) is 42.5 Å². The number of aryl methyl sites for hydroxylation is 1. The van der Waals surface area contributed by atoms with Crippen molar-refractivity contribution in [1.29, 1.82) is 0 Å². The van der Waals surface area contributed by atoms with Crippen LogP contribution in [0.25, 0.3) is 5.57 Å². The van der Waals surface area contributed by atoms with E-state index in [1.807, 2.05) is 7.05 Å². The van der Waals surface area contributed by atoms with Crippen molar-refractivity contribution in [1.82, 2.24) is 9.78 Å². The van der Waals surface area contributed by atoms with Gasteiger partial charge in [-0.15, -0.1) is 0 Å². The first-order chi connectivity index (χ1) is 8.69. The molecule has 1 aliphatic rings. The molecule has 0 saturated heterocycles. The van der Waals surface area contributed by atoms with Crippen LogP contribution in [0.4, 0.5) is 5.69 Å². The molecule has 0 aromatic carbocycles. The van der Waals surface area contributed by atoms with Gasteiger partial charge in [-0.25, -0.2) is 0 Å². The molecule has 0 atom stereocenters. The van der Waals surface area contributed by atoms with E-state index in [-0.39, 0.29) is 0 Å². The predicted molar refractivity (Wildman–Crippen MR) is 77.2 cm³/mol. The summed E-state index contributed by atoms with van der Waals surface area (Å²) in [5, 5.41) is 4.94. The van der Waals surface area contributed by atoms with E-state index < -0.39 is 0 Å². The maximum absolute atomic E-state index is 6.11. The first-order valence-electron chi connectivity index (χ1n) is 6.04. The van der Waals surface area contributed by atoms with Crippen LogP contribution >= 0.6 is 11.6 Å². The molecule has 1 heterocycles. The van der Waals surface area contributed by atoms with E-state index in [2.05, 4.69) is 27.9 Å². The summed E-state index contributed by atoms with van der Waals surface area (Å²) in [5.41, 5.74) is 3.60. The fraction of sp³-hybridized carbons (Fsp3) is 0.462. The molecular formula is C13H17ClN4. The monoisotopic (exact) mass is 264 g/mol. The summed E-state index contributed by atoms with van der Waals surface area (Å²) in [6.07, 6.45) is 6.83. The van der Waals surface area contributed by atoms with Crippen molar-refractivity contribution < 1.29 is 0 Å². The molecule has 5 heteroatoms. The first kappa shape index (κ1) is 13.0. The number of hydrogen-bond donors (Lipinski definition) is 0. The van der Waals surface area contributed by atoms with Crippen LogP contribution in [0.2, 0.25) is 0 Å². The maximum atomic E-state index is 6.11. The van der Waals surface area contributed by atoms with Crippen LogP contribution in [-0.2, 0) is 7.05 Å². The van der Waals surface area contributed by atoms with Gasteiger partial charge in [0.25, 0.3) is 0 Å². The van der Waals surface area contributed by atoms with Crippen molar-refractivity contribution in [3.63, 3.8) is 0 Å². The van der Waals surface area contributed by atoms with Crippen molar-refractivity contribution >= 4 is 34.7 Å². The normalized spacial score (nSPS) is 16.6. The molecule has 0 aliphatic heterocycles. The van der Waals surface area contributed by atoms with E-state index in [0.717, 1.165) is 29.9 Å². The Morgan fingerprint density at radius 3 is 2.83 bits per heavy atom. The van der Waals surface area contributed by atoms with Gasteiger partial charge in [0, 0.05) is 14.1 Å². The lowest BCUT2D eigenvalue weighted by atomic mass is 9.96. The van der Waals surface area contributed by atoms with Crippen molar-refractivity contribution in [3.8, 4) is 0 Å². The van der Waals surface area contributed by atoms with E-state index in [1.165, 1.54) is 18.4 Å². The second-order valence-electron chi connectivity index (χ2n) is 4.32. The van der Waals surface area contributed by atoms with E-state index in [0.29, 0.717) is 5.17 Å². The van der Waals surface area contributed by atoms with Gasteiger partial charge < -0.3 is 0 Å². The van der Waals surface area contributed by atoms with Gasteiger partial charge in [-0.1, -0.05) is 17.7 Å². The third-order valence-electron chi connectivity index (χ3n) is 3.17. The molecular weight excluding hydrogens is 248 g/mol. The van der Waals surface area contributed by atoms with Gasteiger partial charge >= 0.3 is 0 Å². The first-order valence-corrected chi connectivity index (χ1v) is 6.42. The Balaban J connectivity index is 2.56. The Hall–Kier alpha value is -1.42. The molecule has 0 saturated carbocycles. The van der Waals surface area contributed by atoms with E-state index in [9.17, 15) is 0 Å². The van der Waals surface area contributed by atoms with E-state index >= 15 is 0 Å². The van der Waals surface area contributed by atoms with Crippen LogP contribution in [0, 0.1) is 0 Å². The summed E-state index contributed by atoms with van der Waals surface area (Å²) in [6.45, 7) is 3.63. The second-order valence-corrected chi connectivity index (χ2v) is 4.68. The minimum absolute atomic E-state index is 0.412. The Morgan fingerprint density at radius 2 is 2.28 bits per heavy atom. The summed E-state index contributed by atoms with van der Waals surface area (Å²) in [5.74, 6) is 0. The third-order valence-corrected chi connectivity index (χ3v) is 3.52. The van der Waals surface area contributed by atoms with Crippen molar-refractivity contribution in [2.24, 2.45) is 17.0 Å². The van der Waals surface area contributed by atoms with Gasteiger partial charge in [0.2, 0.25) is 0 Å². The number of hydrogen-bond acceptors (Lipinski definition) is 3. The Morgan fingerprint density at radius 1 is 1.50 bits per heavy atom. The van der Waals surface area contributed by atoms with Gasteiger partial charge in [-0.05, 0) is 38.0 Å². The zero-order chi connectivity index (χ0) is 13.1. The Labute approximate surface area is 112 Å². The molecule has 0 amide bonds. The summed E-state index contributed by atoms with van der Waals surface area (Å²) in [6, 6.07) is 0. The number of aliphatic imine (C=N–C) groups is 2. The molecule has 0 N–H and O–H groups in total. The highest BCUT2D eigenvalue weighted by Crippen LogP contribution is 2.35. The highest BCUT2D eigenvalue weighted by molar-refractivity contribution is 6.69. The number of aromatic nitrogens is 2. The molecule has 1 aromatic heterocycles. The number of nitrogens with zero attached hydrogens (tertiary/aromatic N) is 4. The second kappa shape index (κ2) is 5.48. The summed E-state index contributed by atoms with van der Waals surface area (Å²) in [4.78, 5) is 8.10. The van der Waals surface area contributed by atoms with Crippen LogP contribution in [-0.4, -0.2) is 28.7 Å². The fourth-order valence-corrected chi connectivity index (χ4v) is 2.48. The highest BCUT2D eigenvalue weighted by atomic mass is 35.5. The lowest BCUT2D eigenvalue weighted by Gasteiger charge is -2.10.